The molecule has 3 N–H and O–H groups in total. The smallest absolute Gasteiger partial charge is 0.414 e. The van der Waals surface area contributed by atoms with Gasteiger partial charge in [0.2, 0.25) is 5.78 Å². The summed E-state index contributed by atoms with van der Waals surface area (Å²) in [5.41, 5.74) is 3.94. The number of benzene rings is 1. The molecule has 2 fully saturated rings. The lowest BCUT2D eigenvalue weighted by molar-refractivity contribution is 0.0322. The van der Waals surface area contributed by atoms with E-state index in [0.717, 1.165) is 28.6 Å². The van der Waals surface area contributed by atoms with Gasteiger partial charge < -0.3 is 20.0 Å². The molecule has 2 aliphatic carbocycles. The molecule has 1 aromatic carbocycles. The fraction of sp³-hybridized carbons (Fsp3) is 0.346. The average Bonchev–Trinajstić information content (AvgIpc) is 3.06. The first-order chi connectivity index (χ1) is 16.0. The van der Waals surface area contributed by atoms with Crippen molar-refractivity contribution in [2.24, 2.45) is 5.92 Å². The zero-order valence-corrected chi connectivity index (χ0v) is 19.5. The number of allylic oxidation sites excluding steroid dienone is 2. The first-order valence-corrected chi connectivity index (χ1v) is 11.5. The van der Waals surface area contributed by atoms with Crippen LogP contribution < -0.4 is 5.32 Å². The lowest BCUT2D eigenvalue weighted by Gasteiger charge is -2.30. The minimum atomic E-state index is -0.622. The lowest BCUT2D eigenvalue weighted by Crippen LogP contribution is -2.37. The standard InChI is InChI=1S/C26H26N4O4/c1-13-7-14-8-16(5-6-18(14)27-13)28-23(32)19-9-17-22(29-19)20(31)10-21-26(17)11-15(26)12-30(21)24(33)34-25(2,3)4/h5-10,15,27,29H,11-12H2,1-4H3,(H,28,32). The first-order valence-electron chi connectivity index (χ1n) is 11.5. The molecule has 3 aliphatic rings. The predicted octanol–water partition coefficient (Wildman–Crippen LogP) is 4.65. The van der Waals surface area contributed by atoms with Crippen LogP contribution in [0, 0.1) is 12.8 Å². The number of hydrogen-bond acceptors (Lipinski definition) is 4. The van der Waals surface area contributed by atoms with E-state index in [1.54, 1.807) is 11.0 Å². The Morgan fingerprint density at radius 3 is 2.74 bits per heavy atom. The number of likely N-dealkylation sites (tertiary alicyclic amines) is 1. The second-order valence-electron chi connectivity index (χ2n) is 10.5. The number of fused-ring (bicyclic) bond motifs is 2. The van der Waals surface area contributed by atoms with Gasteiger partial charge in [-0.05, 0) is 75.9 Å². The molecule has 0 bridgehead atoms. The molecule has 1 spiro atoms. The molecule has 2 amide bonds. The summed E-state index contributed by atoms with van der Waals surface area (Å²) >= 11 is 0. The Labute approximate surface area is 196 Å². The summed E-state index contributed by atoms with van der Waals surface area (Å²) in [5, 5.41) is 3.94. The van der Waals surface area contributed by atoms with E-state index in [1.165, 1.54) is 6.08 Å². The molecule has 1 saturated carbocycles. The van der Waals surface area contributed by atoms with Crippen LogP contribution in [0.1, 0.15) is 59.4 Å². The number of aromatic amines is 2. The van der Waals surface area contributed by atoms with Crippen molar-refractivity contribution in [3.8, 4) is 0 Å². The number of aromatic nitrogens is 2. The fourth-order valence-corrected chi connectivity index (χ4v) is 5.46. The number of ketones is 1. The van der Waals surface area contributed by atoms with E-state index in [1.807, 2.05) is 52.0 Å². The van der Waals surface area contributed by atoms with Crippen LogP contribution in [-0.2, 0) is 10.2 Å². The Hall–Kier alpha value is -3.81. The molecule has 2 atom stereocenters. The van der Waals surface area contributed by atoms with Crippen molar-refractivity contribution in [1.29, 1.82) is 0 Å². The maximum atomic E-state index is 13.1. The Balaban J connectivity index is 1.28. The maximum absolute atomic E-state index is 13.1. The Morgan fingerprint density at radius 1 is 1.18 bits per heavy atom. The highest BCUT2D eigenvalue weighted by atomic mass is 16.6. The van der Waals surface area contributed by atoms with E-state index in [4.69, 9.17) is 4.74 Å². The molecule has 8 nitrogen and oxygen atoms in total. The van der Waals surface area contributed by atoms with E-state index in [9.17, 15) is 14.4 Å². The van der Waals surface area contributed by atoms with Crippen LogP contribution in [0.15, 0.2) is 42.1 Å². The van der Waals surface area contributed by atoms with Gasteiger partial charge in [-0.1, -0.05) is 0 Å². The van der Waals surface area contributed by atoms with Crippen molar-refractivity contribution in [3.05, 3.63) is 64.8 Å². The molecule has 174 valence electrons. The summed E-state index contributed by atoms with van der Waals surface area (Å²) in [6.07, 6.45) is 1.94. The Kier molecular flexibility index (Phi) is 4.05. The van der Waals surface area contributed by atoms with Gasteiger partial charge in [-0.3, -0.25) is 14.5 Å². The van der Waals surface area contributed by atoms with Gasteiger partial charge in [-0.2, -0.15) is 0 Å². The number of aryl methyl sites for hydroxylation is 1. The van der Waals surface area contributed by atoms with E-state index >= 15 is 0 Å². The number of nitrogens with one attached hydrogen (secondary N) is 3. The SMILES string of the molecule is Cc1cc2cc(NC(=O)c3cc4c([nH]3)C(=O)C=C3N(C(=O)OC(C)(C)C)CC5CC345)ccc2[nH]1. The minimum Gasteiger partial charge on any atom is -0.443 e. The van der Waals surface area contributed by atoms with E-state index in [2.05, 4.69) is 15.3 Å². The average molecular weight is 459 g/mol. The van der Waals surface area contributed by atoms with Gasteiger partial charge >= 0.3 is 6.09 Å². The summed E-state index contributed by atoms with van der Waals surface area (Å²) in [6.45, 7) is 7.96. The van der Waals surface area contributed by atoms with Crippen molar-refractivity contribution in [2.45, 2.75) is 45.1 Å². The minimum absolute atomic E-state index is 0.212. The third-order valence-electron chi connectivity index (χ3n) is 6.94. The third kappa shape index (κ3) is 3.01. The number of carbonyl (C=O) groups excluding carboxylic acids is 3. The molecule has 6 rings (SSSR count). The predicted molar refractivity (Wildman–Crippen MR) is 127 cm³/mol. The molecule has 3 aromatic rings. The first kappa shape index (κ1) is 20.8. The van der Waals surface area contributed by atoms with Gasteiger partial charge in [0.1, 0.15) is 11.3 Å². The van der Waals surface area contributed by atoms with Crippen molar-refractivity contribution >= 4 is 34.4 Å². The highest BCUT2D eigenvalue weighted by molar-refractivity contribution is 6.11. The summed E-state index contributed by atoms with van der Waals surface area (Å²) in [4.78, 5) is 46.7. The number of H-pyrrole nitrogens is 2. The van der Waals surface area contributed by atoms with Crippen molar-refractivity contribution in [1.82, 2.24) is 14.9 Å². The van der Waals surface area contributed by atoms with Crippen molar-refractivity contribution in [2.75, 3.05) is 11.9 Å². The van der Waals surface area contributed by atoms with Crippen LogP contribution in [-0.4, -0.2) is 44.8 Å². The van der Waals surface area contributed by atoms with E-state index < -0.39 is 17.1 Å². The summed E-state index contributed by atoms with van der Waals surface area (Å²) in [5.74, 6) is -0.338. The van der Waals surface area contributed by atoms with Crippen LogP contribution in [0.25, 0.3) is 10.9 Å². The number of hydrogen-bond donors (Lipinski definition) is 3. The molecule has 2 unspecified atom stereocenters. The third-order valence-corrected chi connectivity index (χ3v) is 6.94. The van der Waals surface area contributed by atoms with Gasteiger partial charge in [0.15, 0.2) is 0 Å². The molecule has 0 radical (unpaired) electrons. The summed E-state index contributed by atoms with van der Waals surface area (Å²) in [6, 6.07) is 9.47. The van der Waals surface area contributed by atoms with Gasteiger partial charge in [-0.25, -0.2) is 4.79 Å². The summed E-state index contributed by atoms with van der Waals surface area (Å²) < 4.78 is 5.56. The second kappa shape index (κ2) is 6.62. The molecule has 34 heavy (non-hydrogen) atoms. The Morgan fingerprint density at radius 2 is 1.97 bits per heavy atom. The van der Waals surface area contributed by atoms with E-state index in [-0.39, 0.29) is 17.6 Å². The van der Waals surface area contributed by atoms with Crippen LogP contribution in [0.5, 0.6) is 0 Å². The second-order valence-corrected chi connectivity index (χ2v) is 10.5. The number of ether oxygens (including phenoxy) is 1. The molecule has 3 heterocycles. The number of amides is 2. The van der Waals surface area contributed by atoms with E-state index in [0.29, 0.717) is 29.3 Å². The highest BCUT2D eigenvalue weighted by Crippen LogP contribution is 2.66. The normalized spacial score (nSPS) is 22.7. The van der Waals surface area contributed by atoms with Gasteiger partial charge in [-0.15, -0.1) is 0 Å². The molecular weight excluding hydrogens is 432 g/mol. The maximum Gasteiger partial charge on any atom is 0.414 e. The number of anilines is 1. The zero-order valence-electron chi connectivity index (χ0n) is 19.5. The van der Waals surface area contributed by atoms with Crippen LogP contribution in [0.2, 0.25) is 0 Å². The zero-order chi connectivity index (χ0) is 24.0. The fourth-order valence-electron chi connectivity index (χ4n) is 5.46. The molecule has 1 saturated heterocycles. The number of carbonyl (C=O) groups is 3. The molecular formula is C26H26N4O4. The van der Waals surface area contributed by atoms with Crippen LogP contribution >= 0.6 is 0 Å². The topological polar surface area (TPSA) is 107 Å². The summed E-state index contributed by atoms with van der Waals surface area (Å²) in [7, 11) is 0. The van der Waals surface area contributed by atoms with Crippen molar-refractivity contribution in [3.63, 3.8) is 0 Å². The lowest BCUT2D eigenvalue weighted by atomic mass is 9.85. The number of nitrogens with zero attached hydrogens (tertiary/aromatic N) is 1. The number of rotatable bonds is 2. The van der Waals surface area contributed by atoms with Crippen LogP contribution in [0.3, 0.4) is 0 Å². The Bertz CT molecular complexity index is 1440. The largest absolute Gasteiger partial charge is 0.443 e. The van der Waals surface area contributed by atoms with Gasteiger partial charge in [0, 0.05) is 46.0 Å². The van der Waals surface area contributed by atoms with Gasteiger partial charge in [0.05, 0.1) is 5.69 Å². The monoisotopic (exact) mass is 458 g/mol. The van der Waals surface area contributed by atoms with Crippen molar-refractivity contribution < 1.29 is 19.1 Å². The highest BCUT2D eigenvalue weighted by Gasteiger charge is 2.68. The molecule has 1 aliphatic heterocycles. The van der Waals surface area contributed by atoms with Crippen LogP contribution in [0.4, 0.5) is 10.5 Å². The molecule has 8 heteroatoms. The molecule has 2 aromatic heterocycles. The quantitative estimate of drug-likeness (QED) is 0.520. The van der Waals surface area contributed by atoms with Gasteiger partial charge in [0.25, 0.3) is 5.91 Å². The number of piperidine rings is 1.